The zero-order chi connectivity index (χ0) is 19.0. The molecule has 0 spiro atoms. The Bertz CT molecular complexity index is 1070. The van der Waals surface area contributed by atoms with Crippen molar-refractivity contribution in [2.75, 3.05) is 19.4 Å². The lowest BCUT2D eigenvalue weighted by Gasteiger charge is -2.24. The molecule has 0 fully saturated rings. The normalized spacial score (nSPS) is 12.6. The monoisotopic (exact) mass is 365 g/mol. The number of rotatable bonds is 5. The summed E-state index contributed by atoms with van der Waals surface area (Å²) in [5, 5.41) is 15.1. The number of nitrogens with one attached hydrogen (secondary N) is 2. The van der Waals surface area contributed by atoms with Gasteiger partial charge in [-0.25, -0.2) is 13.9 Å². The Morgan fingerprint density at radius 3 is 2.63 bits per heavy atom. The van der Waals surface area contributed by atoms with Gasteiger partial charge in [-0.05, 0) is 50.8 Å². The topological polar surface area (TPSA) is 74.1 Å². The van der Waals surface area contributed by atoms with Gasteiger partial charge in [-0.3, -0.25) is 10.00 Å². The van der Waals surface area contributed by atoms with Gasteiger partial charge in [-0.15, -0.1) is 0 Å². The second kappa shape index (κ2) is 6.81. The second-order valence-electron chi connectivity index (χ2n) is 6.64. The van der Waals surface area contributed by atoms with Gasteiger partial charge in [0.1, 0.15) is 11.3 Å². The highest BCUT2D eigenvalue weighted by molar-refractivity contribution is 5.72. The van der Waals surface area contributed by atoms with Gasteiger partial charge in [0.15, 0.2) is 17.5 Å². The Hall–Kier alpha value is -3.26. The zero-order valence-corrected chi connectivity index (χ0v) is 15.3. The molecule has 1 unspecified atom stereocenters. The molecule has 27 heavy (non-hydrogen) atoms. The number of aromatic nitrogens is 5. The summed E-state index contributed by atoms with van der Waals surface area (Å²) < 4.78 is 15.1. The molecule has 1 aromatic carbocycles. The van der Waals surface area contributed by atoms with Crippen LogP contribution in [0.4, 0.5) is 16.0 Å². The summed E-state index contributed by atoms with van der Waals surface area (Å²) in [6, 6.07) is 12.0. The van der Waals surface area contributed by atoms with Gasteiger partial charge in [0.05, 0.1) is 6.04 Å². The van der Waals surface area contributed by atoms with Crippen molar-refractivity contribution in [3.63, 3.8) is 0 Å². The maximum Gasteiger partial charge on any atom is 0.173 e. The summed E-state index contributed by atoms with van der Waals surface area (Å²) in [5.74, 6) is 1.67. The fourth-order valence-electron chi connectivity index (χ4n) is 3.09. The quantitative estimate of drug-likeness (QED) is 0.568. The van der Waals surface area contributed by atoms with Crippen molar-refractivity contribution < 1.29 is 4.39 Å². The first kappa shape index (κ1) is 17.2. The lowest BCUT2D eigenvalue weighted by Crippen LogP contribution is -2.24. The lowest BCUT2D eigenvalue weighted by atomic mass is 10.1. The molecule has 1 atom stereocenters. The highest BCUT2D eigenvalue weighted by Crippen LogP contribution is 2.27. The van der Waals surface area contributed by atoms with E-state index >= 15 is 0 Å². The minimum absolute atomic E-state index is 0.223. The molecular formula is C19H20FN7. The van der Waals surface area contributed by atoms with Crippen LogP contribution in [0.3, 0.4) is 0 Å². The van der Waals surface area contributed by atoms with Crippen LogP contribution < -0.4 is 5.32 Å². The maximum atomic E-state index is 13.4. The lowest BCUT2D eigenvalue weighted by molar-refractivity contribution is 0.327. The molecule has 8 heteroatoms. The molecule has 0 bridgehead atoms. The molecule has 3 aromatic heterocycles. The van der Waals surface area contributed by atoms with Crippen LogP contribution in [0.25, 0.3) is 5.52 Å². The van der Waals surface area contributed by atoms with Gasteiger partial charge < -0.3 is 5.32 Å². The van der Waals surface area contributed by atoms with E-state index in [0.717, 1.165) is 16.8 Å². The Balaban J connectivity index is 1.81. The first-order valence-electron chi connectivity index (χ1n) is 8.57. The number of nitrogens with zero attached hydrogens (tertiary/aromatic N) is 5. The van der Waals surface area contributed by atoms with Crippen molar-refractivity contribution in [1.82, 2.24) is 29.7 Å². The Morgan fingerprint density at radius 1 is 1.19 bits per heavy atom. The molecular weight excluding hydrogens is 345 g/mol. The van der Waals surface area contributed by atoms with Crippen LogP contribution in [0.15, 0.2) is 48.7 Å². The molecule has 0 aliphatic carbocycles. The minimum atomic E-state index is -0.269. The molecule has 4 rings (SSSR count). The van der Waals surface area contributed by atoms with Crippen LogP contribution >= 0.6 is 0 Å². The molecule has 0 radical (unpaired) electrons. The third kappa shape index (κ3) is 3.39. The van der Waals surface area contributed by atoms with Crippen LogP contribution in [0.1, 0.15) is 23.1 Å². The van der Waals surface area contributed by atoms with E-state index in [1.54, 1.807) is 16.6 Å². The Labute approximate surface area is 155 Å². The fourth-order valence-corrected chi connectivity index (χ4v) is 3.09. The highest BCUT2D eigenvalue weighted by Gasteiger charge is 2.22. The summed E-state index contributed by atoms with van der Waals surface area (Å²) in [5.41, 5.74) is 2.71. The molecule has 0 amide bonds. The number of H-pyrrole nitrogens is 1. The predicted molar refractivity (Wildman–Crippen MR) is 102 cm³/mol. The van der Waals surface area contributed by atoms with E-state index in [9.17, 15) is 4.39 Å². The average molecular weight is 365 g/mol. The van der Waals surface area contributed by atoms with E-state index in [-0.39, 0.29) is 11.9 Å². The third-order valence-electron chi connectivity index (χ3n) is 4.31. The van der Waals surface area contributed by atoms with E-state index in [4.69, 9.17) is 4.98 Å². The third-order valence-corrected chi connectivity index (χ3v) is 4.31. The van der Waals surface area contributed by atoms with E-state index in [0.29, 0.717) is 17.5 Å². The van der Waals surface area contributed by atoms with Gasteiger partial charge in [0, 0.05) is 18.0 Å². The minimum Gasteiger partial charge on any atom is -0.322 e. The summed E-state index contributed by atoms with van der Waals surface area (Å²) in [6.07, 6.45) is 1.87. The van der Waals surface area contributed by atoms with Gasteiger partial charge in [-0.1, -0.05) is 12.1 Å². The SMILES string of the molecule is Cc1cc(Nc2nc(C(c3ccc(F)cc3)N(C)C)nn3cccc23)n[nH]1. The van der Waals surface area contributed by atoms with Crippen molar-refractivity contribution in [3.8, 4) is 0 Å². The van der Waals surface area contributed by atoms with Crippen LogP contribution in [0, 0.1) is 12.7 Å². The summed E-state index contributed by atoms with van der Waals surface area (Å²) in [4.78, 5) is 6.77. The summed E-state index contributed by atoms with van der Waals surface area (Å²) in [7, 11) is 3.89. The Kier molecular flexibility index (Phi) is 4.33. The number of hydrogen-bond acceptors (Lipinski definition) is 5. The number of aromatic amines is 1. The van der Waals surface area contributed by atoms with Crippen molar-refractivity contribution in [3.05, 3.63) is 71.6 Å². The molecule has 7 nitrogen and oxygen atoms in total. The number of aryl methyl sites for hydroxylation is 1. The van der Waals surface area contributed by atoms with Crippen LogP contribution in [-0.4, -0.2) is 43.8 Å². The average Bonchev–Trinajstić information content (AvgIpc) is 3.25. The smallest absolute Gasteiger partial charge is 0.173 e. The molecule has 0 aliphatic heterocycles. The first-order chi connectivity index (χ1) is 13.0. The van der Waals surface area contributed by atoms with Gasteiger partial charge in [0.25, 0.3) is 0 Å². The number of hydrogen-bond donors (Lipinski definition) is 2. The number of anilines is 2. The van der Waals surface area contributed by atoms with Gasteiger partial charge in [-0.2, -0.15) is 10.2 Å². The highest BCUT2D eigenvalue weighted by atomic mass is 19.1. The molecule has 138 valence electrons. The van der Waals surface area contributed by atoms with Crippen molar-refractivity contribution >= 4 is 17.2 Å². The van der Waals surface area contributed by atoms with Crippen LogP contribution in [0.5, 0.6) is 0 Å². The molecule has 0 saturated carbocycles. The predicted octanol–water partition coefficient (Wildman–Crippen LogP) is 3.29. The fraction of sp³-hybridized carbons (Fsp3) is 0.211. The molecule has 0 aliphatic rings. The molecule has 3 heterocycles. The van der Waals surface area contributed by atoms with Crippen molar-refractivity contribution in [2.45, 2.75) is 13.0 Å². The van der Waals surface area contributed by atoms with Crippen molar-refractivity contribution in [2.24, 2.45) is 0 Å². The molecule has 0 saturated heterocycles. The number of benzene rings is 1. The Morgan fingerprint density at radius 2 is 1.96 bits per heavy atom. The van der Waals surface area contributed by atoms with E-state index in [2.05, 4.69) is 20.6 Å². The van der Waals surface area contributed by atoms with Crippen LogP contribution in [-0.2, 0) is 0 Å². The summed E-state index contributed by atoms with van der Waals surface area (Å²) >= 11 is 0. The van der Waals surface area contributed by atoms with Gasteiger partial charge in [0.2, 0.25) is 0 Å². The van der Waals surface area contributed by atoms with Crippen molar-refractivity contribution in [1.29, 1.82) is 0 Å². The van der Waals surface area contributed by atoms with Crippen LogP contribution in [0.2, 0.25) is 0 Å². The largest absolute Gasteiger partial charge is 0.322 e. The summed E-state index contributed by atoms with van der Waals surface area (Å²) in [6.45, 7) is 1.94. The second-order valence-corrected chi connectivity index (χ2v) is 6.64. The van der Waals surface area contributed by atoms with Gasteiger partial charge >= 0.3 is 0 Å². The van der Waals surface area contributed by atoms with E-state index < -0.39 is 0 Å². The van der Waals surface area contributed by atoms with E-state index in [1.807, 2.05) is 50.3 Å². The number of halogens is 1. The maximum absolute atomic E-state index is 13.4. The molecule has 4 aromatic rings. The standard InChI is InChI=1S/C19H20FN7/c1-12-11-16(24-23-12)21-18-15-5-4-10-27(15)25-19(22-18)17(26(2)3)13-6-8-14(20)9-7-13/h4-11,17H,1-3H3,(H2,21,22,23,24,25). The van der Waals surface area contributed by atoms with E-state index in [1.165, 1.54) is 12.1 Å². The first-order valence-corrected chi connectivity index (χ1v) is 8.57. The molecule has 2 N–H and O–H groups in total. The zero-order valence-electron chi connectivity index (χ0n) is 15.3. The number of fused-ring (bicyclic) bond motifs is 1.